The fourth-order valence-electron chi connectivity index (χ4n) is 4.05. The Morgan fingerprint density at radius 2 is 2.09 bits per heavy atom. The molecule has 3 fully saturated rings. The van der Waals surface area contributed by atoms with Gasteiger partial charge < -0.3 is 15.1 Å². The average molecular weight is 333 g/mol. The third kappa shape index (κ3) is 2.84. The number of likely N-dealkylation sites (tertiary alicyclic amines) is 2. The monoisotopic (exact) mass is 333 g/mol. The summed E-state index contributed by atoms with van der Waals surface area (Å²) in [6.07, 6.45) is 4.16. The Morgan fingerprint density at radius 1 is 1.26 bits per heavy atom. The normalized spacial score (nSPS) is 29.3. The highest BCUT2D eigenvalue weighted by atomic mass is 32.1. The summed E-state index contributed by atoms with van der Waals surface area (Å²) in [6, 6.07) is 4.23. The lowest BCUT2D eigenvalue weighted by Gasteiger charge is -2.24. The molecule has 2 aliphatic heterocycles. The van der Waals surface area contributed by atoms with E-state index in [-0.39, 0.29) is 23.3 Å². The molecule has 1 aromatic rings. The van der Waals surface area contributed by atoms with Gasteiger partial charge in [-0.25, -0.2) is 4.79 Å². The van der Waals surface area contributed by atoms with E-state index in [1.165, 1.54) is 4.88 Å². The minimum Gasteiger partial charge on any atom is -0.351 e. The van der Waals surface area contributed by atoms with E-state index in [9.17, 15) is 9.59 Å². The summed E-state index contributed by atoms with van der Waals surface area (Å²) >= 11 is 1.67. The van der Waals surface area contributed by atoms with E-state index < -0.39 is 0 Å². The molecule has 3 heterocycles. The fraction of sp³-hybridized carbons (Fsp3) is 0.647. The van der Waals surface area contributed by atoms with Crippen molar-refractivity contribution in [2.24, 2.45) is 11.3 Å². The Bertz CT molecular complexity index is 597. The van der Waals surface area contributed by atoms with Gasteiger partial charge in [0, 0.05) is 42.4 Å². The number of rotatable bonds is 3. The molecule has 1 aliphatic carbocycles. The van der Waals surface area contributed by atoms with Gasteiger partial charge in [0.15, 0.2) is 0 Å². The van der Waals surface area contributed by atoms with Gasteiger partial charge >= 0.3 is 6.03 Å². The lowest BCUT2D eigenvalue weighted by molar-refractivity contribution is -0.123. The van der Waals surface area contributed by atoms with Gasteiger partial charge in [-0.1, -0.05) is 6.07 Å². The van der Waals surface area contributed by atoms with Crippen molar-refractivity contribution in [2.45, 2.75) is 32.2 Å². The quantitative estimate of drug-likeness (QED) is 0.923. The highest BCUT2D eigenvalue weighted by Gasteiger charge is 2.61. The molecule has 6 heteroatoms. The summed E-state index contributed by atoms with van der Waals surface area (Å²) in [4.78, 5) is 30.0. The predicted octanol–water partition coefficient (Wildman–Crippen LogP) is 2.29. The third-order valence-corrected chi connectivity index (χ3v) is 6.43. The number of hydrogen-bond donors (Lipinski definition) is 1. The number of carbonyl (C=O) groups excluding carboxylic acids is 2. The largest absolute Gasteiger partial charge is 0.351 e. The number of carbonyl (C=O) groups is 2. The first-order chi connectivity index (χ1) is 11.2. The highest BCUT2D eigenvalue weighted by Crippen LogP contribution is 2.58. The molecule has 124 valence electrons. The zero-order valence-corrected chi connectivity index (χ0v) is 14.1. The van der Waals surface area contributed by atoms with E-state index in [2.05, 4.69) is 5.32 Å². The number of urea groups is 1. The van der Waals surface area contributed by atoms with E-state index in [0.29, 0.717) is 6.54 Å². The fourth-order valence-corrected chi connectivity index (χ4v) is 4.69. The first-order valence-corrected chi connectivity index (χ1v) is 9.40. The van der Waals surface area contributed by atoms with Crippen molar-refractivity contribution in [1.82, 2.24) is 15.1 Å². The van der Waals surface area contributed by atoms with Gasteiger partial charge in [0.1, 0.15) is 0 Å². The Hall–Kier alpha value is -1.56. The topological polar surface area (TPSA) is 52.7 Å². The molecule has 23 heavy (non-hydrogen) atoms. The summed E-state index contributed by atoms with van der Waals surface area (Å²) in [6.45, 7) is 3.99. The van der Waals surface area contributed by atoms with Crippen LogP contribution in [0.2, 0.25) is 0 Å². The maximum Gasteiger partial charge on any atom is 0.320 e. The van der Waals surface area contributed by atoms with Crippen LogP contribution in [0.25, 0.3) is 0 Å². The summed E-state index contributed by atoms with van der Waals surface area (Å²) in [5, 5.41) is 5.08. The van der Waals surface area contributed by atoms with Crippen LogP contribution in [-0.2, 0) is 11.3 Å². The van der Waals surface area contributed by atoms with Gasteiger partial charge in [-0.15, -0.1) is 11.3 Å². The lowest BCUT2D eigenvalue weighted by Crippen LogP contribution is -2.40. The second-order valence-corrected chi connectivity index (χ2v) is 8.10. The maximum atomic E-state index is 12.5. The van der Waals surface area contributed by atoms with Crippen LogP contribution in [0, 0.1) is 11.3 Å². The average Bonchev–Trinajstić information content (AvgIpc) is 3.07. The number of nitrogens with one attached hydrogen (secondary N) is 1. The van der Waals surface area contributed by atoms with Gasteiger partial charge in [-0.3, -0.25) is 4.79 Å². The molecular weight excluding hydrogens is 310 g/mol. The van der Waals surface area contributed by atoms with Gasteiger partial charge in [-0.2, -0.15) is 0 Å². The molecule has 0 radical (unpaired) electrons. The van der Waals surface area contributed by atoms with Gasteiger partial charge in [0.05, 0.1) is 6.54 Å². The van der Waals surface area contributed by atoms with Crippen molar-refractivity contribution in [3.8, 4) is 0 Å². The van der Waals surface area contributed by atoms with Crippen LogP contribution < -0.4 is 5.32 Å². The van der Waals surface area contributed by atoms with E-state index >= 15 is 0 Å². The van der Waals surface area contributed by atoms with Crippen molar-refractivity contribution in [3.63, 3.8) is 0 Å². The van der Waals surface area contributed by atoms with Crippen molar-refractivity contribution in [1.29, 1.82) is 0 Å². The summed E-state index contributed by atoms with van der Waals surface area (Å²) < 4.78 is 0. The molecule has 2 unspecified atom stereocenters. The molecule has 2 saturated heterocycles. The highest BCUT2D eigenvalue weighted by molar-refractivity contribution is 7.09. The maximum absolute atomic E-state index is 12.5. The minimum absolute atomic E-state index is 0.0644. The number of amides is 3. The van der Waals surface area contributed by atoms with E-state index in [4.69, 9.17) is 0 Å². The van der Waals surface area contributed by atoms with Crippen LogP contribution in [0.1, 0.15) is 30.6 Å². The van der Waals surface area contributed by atoms with Gasteiger partial charge in [0.25, 0.3) is 0 Å². The molecule has 0 aromatic carbocycles. The first kappa shape index (κ1) is 15.0. The summed E-state index contributed by atoms with van der Waals surface area (Å²) in [5.41, 5.74) is 0.0644. The molecule has 1 saturated carbocycles. The van der Waals surface area contributed by atoms with Gasteiger partial charge in [-0.05, 0) is 37.1 Å². The van der Waals surface area contributed by atoms with Crippen molar-refractivity contribution in [2.75, 3.05) is 26.2 Å². The van der Waals surface area contributed by atoms with Crippen LogP contribution in [-0.4, -0.2) is 47.9 Å². The zero-order valence-electron chi connectivity index (χ0n) is 13.3. The molecule has 1 N–H and O–H groups in total. The van der Waals surface area contributed by atoms with Gasteiger partial charge in [0.2, 0.25) is 5.91 Å². The van der Waals surface area contributed by atoms with Crippen LogP contribution >= 0.6 is 11.3 Å². The van der Waals surface area contributed by atoms with Crippen molar-refractivity contribution >= 4 is 23.3 Å². The molecule has 1 spiro atoms. The van der Waals surface area contributed by atoms with Crippen LogP contribution in [0.4, 0.5) is 4.79 Å². The molecule has 3 aliphatic rings. The van der Waals surface area contributed by atoms with E-state index in [1.807, 2.05) is 27.3 Å². The number of thiophene rings is 1. The van der Waals surface area contributed by atoms with Crippen molar-refractivity contribution < 1.29 is 9.59 Å². The molecule has 4 rings (SSSR count). The SMILES string of the molecule is O=C(NCc1cccs1)C1CC12CCN(C(=O)N1CCCC1)C2. The molecular formula is C17H23N3O2S. The number of hydrogen-bond acceptors (Lipinski definition) is 3. The van der Waals surface area contributed by atoms with E-state index in [0.717, 1.165) is 51.9 Å². The zero-order chi connectivity index (χ0) is 15.9. The second kappa shape index (κ2) is 5.82. The molecule has 3 amide bonds. The Balaban J connectivity index is 1.29. The summed E-state index contributed by atoms with van der Waals surface area (Å²) in [7, 11) is 0. The molecule has 5 nitrogen and oxygen atoms in total. The van der Waals surface area contributed by atoms with Crippen LogP contribution in [0.5, 0.6) is 0 Å². The van der Waals surface area contributed by atoms with Crippen LogP contribution in [0.3, 0.4) is 0 Å². The second-order valence-electron chi connectivity index (χ2n) is 7.06. The first-order valence-electron chi connectivity index (χ1n) is 8.52. The smallest absolute Gasteiger partial charge is 0.320 e. The van der Waals surface area contributed by atoms with Crippen LogP contribution in [0.15, 0.2) is 17.5 Å². The predicted molar refractivity (Wildman–Crippen MR) is 89.1 cm³/mol. The molecule has 2 atom stereocenters. The Morgan fingerprint density at radius 3 is 2.83 bits per heavy atom. The lowest BCUT2D eigenvalue weighted by atomic mass is 10.0. The number of nitrogens with zero attached hydrogens (tertiary/aromatic N) is 2. The standard InChI is InChI=1S/C17H23N3O2S/c21-15(18-11-13-4-3-9-23-13)14-10-17(14)5-8-20(12-17)16(22)19-6-1-2-7-19/h3-4,9,14H,1-2,5-8,10-12H2,(H,18,21). The van der Waals surface area contributed by atoms with E-state index in [1.54, 1.807) is 11.3 Å². The third-order valence-electron chi connectivity index (χ3n) is 5.56. The Kier molecular flexibility index (Phi) is 3.79. The minimum atomic E-state index is 0.0644. The van der Waals surface area contributed by atoms with Crippen molar-refractivity contribution in [3.05, 3.63) is 22.4 Å². The Labute approximate surface area is 140 Å². The summed E-state index contributed by atoms with van der Waals surface area (Å²) in [5.74, 6) is 0.257. The molecule has 0 bridgehead atoms. The molecule has 1 aromatic heterocycles.